The molecule has 0 saturated carbocycles. The maximum Gasteiger partial charge on any atom is 0.341 e. The predicted molar refractivity (Wildman–Crippen MR) is 107 cm³/mol. The molecule has 0 heterocycles. The van der Waals surface area contributed by atoms with E-state index in [4.69, 9.17) is 9.47 Å². The Morgan fingerprint density at radius 1 is 1.17 bits per heavy atom. The van der Waals surface area contributed by atoms with Gasteiger partial charge in [-0.15, -0.1) is 0 Å². The first kappa shape index (κ1) is 21.7. The lowest BCUT2D eigenvalue weighted by atomic mass is 10.1. The van der Waals surface area contributed by atoms with E-state index in [2.05, 4.69) is 5.32 Å². The molecule has 154 valence electrons. The number of nitro benzene ring substituents is 1. The first-order chi connectivity index (χ1) is 13.7. The highest BCUT2D eigenvalue weighted by Crippen LogP contribution is 2.25. The molecular weight excluding hydrogens is 378 g/mol. The number of ether oxygens (including phenoxy) is 2. The van der Waals surface area contributed by atoms with Crippen LogP contribution in [0.25, 0.3) is 0 Å². The molecule has 0 aliphatic heterocycles. The van der Waals surface area contributed by atoms with Crippen LogP contribution in [0.1, 0.15) is 22.8 Å². The molecule has 0 aliphatic rings. The van der Waals surface area contributed by atoms with Crippen LogP contribution in [0.4, 0.5) is 11.4 Å². The number of esters is 1. The van der Waals surface area contributed by atoms with Crippen LogP contribution in [0.5, 0.6) is 5.75 Å². The summed E-state index contributed by atoms with van der Waals surface area (Å²) in [4.78, 5) is 36.9. The number of hydrogen-bond acceptors (Lipinski definition) is 7. The summed E-state index contributed by atoms with van der Waals surface area (Å²) in [5.74, 6) is -0.591. The Morgan fingerprint density at radius 2 is 1.83 bits per heavy atom. The van der Waals surface area contributed by atoms with E-state index in [1.165, 1.54) is 19.1 Å². The lowest BCUT2D eigenvalue weighted by Crippen LogP contribution is -2.35. The fourth-order valence-electron chi connectivity index (χ4n) is 2.54. The smallest absolute Gasteiger partial charge is 0.341 e. The number of nitrogens with zero attached hydrogens (tertiary/aromatic N) is 2. The highest BCUT2D eigenvalue weighted by molar-refractivity contribution is 5.98. The van der Waals surface area contributed by atoms with Gasteiger partial charge in [-0.05, 0) is 30.7 Å². The number of carbonyl (C=O) groups excluding carboxylic acids is 2. The molecule has 0 aliphatic carbocycles. The summed E-state index contributed by atoms with van der Waals surface area (Å²) < 4.78 is 10.3. The van der Waals surface area contributed by atoms with Gasteiger partial charge < -0.3 is 19.7 Å². The Morgan fingerprint density at radius 3 is 2.38 bits per heavy atom. The Hall–Kier alpha value is -3.62. The zero-order chi connectivity index (χ0) is 21.6. The molecule has 29 heavy (non-hydrogen) atoms. The third-order valence-electron chi connectivity index (χ3n) is 4.17. The number of carbonyl (C=O) groups is 2. The summed E-state index contributed by atoms with van der Waals surface area (Å²) in [6.07, 6.45) is -1.07. The topological polar surface area (TPSA) is 111 Å². The maximum atomic E-state index is 12.5. The van der Waals surface area contributed by atoms with Crippen molar-refractivity contribution in [3.8, 4) is 5.75 Å². The minimum Gasteiger partial charge on any atom is -0.497 e. The number of rotatable bonds is 8. The van der Waals surface area contributed by atoms with E-state index in [9.17, 15) is 19.7 Å². The maximum absolute atomic E-state index is 12.5. The van der Waals surface area contributed by atoms with Gasteiger partial charge in [0.05, 0.1) is 23.3 Å². The predicted octanol–water partition coefficient (Wildman–Crippen LogP) is 2.53. The van der Waals surface area contributed by atoms with Crippen LogP contribution in [-0.2, 0) is 16.1 Å². The van der Waals surface area contributed by atoms with Crippen LogP contribution >= 0.6 is 0 Å². The molecule has 2 aromatic rings. The molecule has 0 saturated heterocycles. The number of methoxy groups -OCH3 is 1. The molecule has 0 aromatic heterocycles. The van der Waals surface area contributed by atoms with Crippen LogP contribution in [-0.4, -0.2) is 44.1 Å². The molecule has 0 bridgehead atoms. The van der Waals surface area contributed by atoms with E-state index in [0.717, 1.165) is 11.6 Å². The minimum atomic E-state index is -1.07. The van der Waals surface area contributed by atoms with Gasteiger partial charge in [0.1, 0.15) is 5.75 Å². The van der Waals surface area contributed by atoms with Crippen molar-refractivity contribution in [1.82, 2.24) is 5.32 Å². The summed E-state index contributed by atoms with van der Waals surface area (Å²) in [7, 11) is 4.96. The second-order valence-corrected chi connectivity index (χ2v) is 6.47. The Kier molecular flexibility index (Phi) is 7.13. The standard InChI is InChI=1S/C20H23N3O6/c1-13(19(24)21-12-14-5-8-16(28-4)9-6-14)29-20(25)17-11-15(23(26)27)7-10-18(17)22(2)3/h5-11,13H,12H2,1-4H3,(H,21,24)/t13-/m0/s1. The van der Waals surface area contributed by atoms with Gasteiger partial charge in [-0.25, -0.2) is 4.79 Å². The van der Waals surface area contributed by atoms with E-state index in [1.807, 2.05) is 12.1 Å². The molecule has 9 heteroatoms. The van der Waals surface area contributed by atoms with Gasteiger partial charge in [0.15, 0.2) is 6.10 Å². The highest BCUT2D eigenvalue weighted by atomic mass is 16.6. The van der Waals surface area contributed by atoms with Crippen LogP contribution in [0.15, 0.2) is 42.5 Å². The number of non-ortho nitro benzene ring substituents is 1. The second kappa shape index (κ2) is 9.54. The average Bonchev–Trinajstić information content (AvgIpc) is 2.71. The normalized spacial score (nSPS) is 11.3. The minimum absolute atomic E-state index is 0.0130. The molecule has 0 fully saturated rings. The number of anilines is 1. The van der Waals surface area contributed by atoms with Gasteiger partial charge >= 0.3 is 5.97 Å². The molecule has 0 radical (unpaired) electrons. The van der Waals surface area contributed by atoms with Crippen molar-refractivity contribution >= 4 is 23.3 Å². The Labute approximate surface area is 168 Å². The summed E-state index contributed by atoms with van der Waals surface area (Å²) in [6, 6.07) is 11.1. The highest BCUT2D eigenvalue weighted by Gasteiger charge is 2.23. The molecule has 0 spiro atoms. The molecule has 9 nitrogen and oxygen atoms in total. The summed E-state index contributed by atoms with van der Waals surface area (Å²) in [6.45, 7) is 1.69. The molecule has 2 rings (SSSR count). The van der Waals surface area contributed by atoms with Gasteiger partial charge in [-0.2, -0.15) is 0 Å². The van der Waals surface area contributed by atoms with Gasteiger partial charge in [0.2, 0.25) is 0 Å². The van der Waals surface area contributed by atoms with Crippen LogP contribution in [0, 0.1) is 10.1 Å². The molecular formula is C20H23N3O6. The van der Waals surface area contributed by atoms with Crippen LogP contribution in [0.3, 0.4) is 0 Å². The second-order valence-electron chi connectivity index (χ2n) is 6.47. The third kappa shape index (κ3) is 5.68. The molecule has 1 atom stereocenters. The third-order valence-corrected chi connectivity index (χ3v) is 4.17. The van der Waals surface area contributed by atoms with Crippen molar-refractivity contribution in [3.63, 3.8) is 0 Å². The van der Waals surface area contributed by atoms with E-state index in [1.54, 1.807) is 38.2 Å². The lowest BCUT2D eigenvalue weighted by molar-refractivity contribution is -0.384. The van der Waals surface area contributed by atoms with Crippen molar-refractivity contribution < 1.29 is 24.0 Å². The molecule has 0 unspecified atom stereocenters. The number of benzene rings is 2. The fraction of sp³-hybridized carbons (Fsp3) is 0.300. The lowest BCUT2D eigenvalue weighted by Gasteiger charge is -2.18. The fourth-order valence-corrected chi connectivity index (χ4v) is 2.54. The van der Waals surface area contributed by atoms with Gasteiger partial charge in [0, 0.05) is 32.8 Å². The molecule has 2 aromatic carbocycles. The van der Waals surface area contributed by atoms with E-state index in [-0.39, 0.29) is 17.8 Å². The van der Waals surface area contributed by atoms with Crippen molar-refractivity contribution in [2.45, 2.75) is 19.6 Å². The van der Waals surface area contributed by atoms with Crippen LogP contribution in [0.2, 0.25) is 0 Å². The molecule has 1 N–H and O–H groups in total. The zero-order valence-corrected chi connectivity index (χ0v) is 16.7. The summed E-state index contributed by atoms with van der Waals surface area (Å²) >= 11 is 0. The number of nitro groups is 1. The average molecular weight is 401 g/mol. The first-order valence-electron chi connectivity index (χ1n) is 8.80. The van der Waals surface area contributed by atoms with Crippen molar-refractivity contribution in [2.24, 2.45) is 0 Å². The monoisotopic (exact) mass is 401 g/mol. The van der Waals surface area contributed by atoms with Gasteiger partial charge in [0.25, 0.3) is 11.6 Å². The Bertz CT molecular complexity index is 896. The van der Waals surface area contributed by atoms with E-state index in [0.29, 0.717) is 11.4 Å². The van der Waals surface area contributed by atoms with Gasteiger partial charge in [-0.3, -0.25) is 14.9 Å². The summed E-state index contributed by atoms with van der Waals surface area (Å²) in [5.41, 5.74) is 1.08. The quantitative estimate of drug-likeness (QED) is 0.411. The van der Waals surface area contributed by atoms with Crippen molar-refractivity contribution in [3.05, 3.63) is 63.7 Å². The van der Waals surface area contributed by atoms with Crippen molar-refractivity contribution in [2.75, 3.05) is 26.1 Å². The summed E-state index contributed by atoms with van der Waals surface area (Å²) in [5, 5.41) is 13.7. The number of hydrogen-bond donors (Lipinski definition) is 1. The zero-order valence-electron chi connectivity index (χ0n) is 16.7. The van der Waals surface area contributed by atoms with E-state index < -0.39 is 22.9 Å². The Balaban J connectivity index is 2.04. The van der Waals surface area contributed by atoms with Gasteiger partial charge in [-0.1, -0.05) is 12.1 Å². The first-order valence-corrected chi connectivity index (χ1v) is 8.80. The number of amides is 1. The number of nitrogens with one attached hydrogen (secondary N) is 1. The van der Waals surface area contributed by atoms with Crippen LogP contribution < -0.4 is 15.0 Å². The SMILES string of the molecule is COc1ccc(CNC(=O)[C@H](C)OC(=O)c2cc([N+](=O)[O-])ccc2N(C)C)cc1. The van der Waals surface area contributed by atoms with Crippen molar-refractivity contribution in [1.29, 1.82) is 0 Å². The molecule has 1 amide bonds. The van der Waals surface area contributed by atoms with E-state index >= 15 is 0 Å². The largest absolute Gasteiger partial charge is 0.497 e.